The summed E-state index contributed by atoms with van der Waals surface area (Å²) in [6.45, 7) is 3.84. The minimum Gasteiger partial charge on any atom is -0.377 e. The molecular weight excluding hydrogens is 464 g/mol. The van der Waals surface area contributed by atoms with Crippen LogP contribution in [0.3, 0.4) is 0 Å². The number of rotatable bonds is 8. The molecule has 1 aliphatic heterocycles. The van der Waals surface area contributed by atoms with Crippen LogP contribution in [0.4, 0.5) is 14.5 Å². The van der Waals surface area contributed by atoms with Gasteiger partial charge < -0.3 is 15.1 Å². The lowest BCUT2D eigenvalue weighted by Crippen LogP contribution is -2.43. The molecule has 11 heteroatoms. The van der Waals surface area contributed by atoms with E-state index in [-0.39, 0.29) is 22.0 Å². The van der Waals surface area contributed by atoms with E-state index in [2.05, 4.69) is 26.5 Å². The highest BCUT2D eigenvalue weighted by atomic mass is 32.1. The second kappa shape index (κ2) is 12.9. The smallest absolute Gasteiger partial charge is 0.296 e. The van der Waals surface area contributed by atoms with Crippen LogP contribution in [0, 0.1) is 11.6 Å². The molecule has 0 atom stereocenters. The third kappa shape index (κ3) is 7.72. The van der Waals surface area contributed by atoms with Crippen LogP contribution in [0.5, 0.6) is 0 Å². The first kappa shape index (κ1) is 25.5. The fraction of sp³-hybridized carbons (Fsp3) is 0.348. The van der Waals surface area contributed by atoms with Crippen molar-refractivity contribution >= 4 is 34.9 Å². The first-order valence-corrected chi connectivity index (χ1v) is 11.4. The van der Waals surface area contributed by atoms with Gasteiger partial charge in [0.1, 0.15) is 11.6 Å². The molecule has 0 saturated carbocycles. The Labute approximate surface area is 202 Å². The number of nitrogens with one attached hydrogen (secondary N) is 4. The second-order valence-corrected chi connectivity index (χ2v) is 8.12. The van der Waals surface area contributed by atoms with Crippen LogP contribution in [-0.2, 0) is 4.84 Å². The lowest BCUT2D eigenvalue weighted by Gasteiger charge is -2.26. The molecule has 1 fully saturated rings. The van der Waals surface area contributed by atoms with Gasteiger partial charge in [0.15, 0.2) is 0 Å². The van der Waals surface area contributed by atoms with Crippen molar-refractivity contribution in [2.24, 2.45) is 0 Å². The third-order valence-electron chi connectivity index (χ3n) is 5.24. The highest BCUT2D eigenvalue weighted by Gasteiger charge is 2.15. The van der Waals surface area contributed by atoms with Gasteiger partial charge in [0, 0.05) is 12.1 Å². The van der Waals surface area contributed by atoms with Crippen LogP contribution < -0.4 is 21.6 Å². The number of hydrogen-bond acceptors (Lipinski definition) is 6. The van der Waals surface area contributed by atoms with Gasteiger partial charge in [-0.15, -0.1) is 0 Å². The summed E-state index contributed by atoms with van der Waals surface area (Å²) < 4.78 is 28.1. The van der Waals surface area contributed by atoms with Gasteiger partial charge in [-0.3, -0.25) is 20.4 Å². The number of likely N-dealkylation sites (tertiary alicyclic amines) is 1. The van der Waals surface area contributed by atoms with E-state index in [4.69, 9.17) is 17.1 Å². The van der Waals surface area contributed by atoms with E-state index in [1.807, 2.05) is 0 Å². The van der Waals surface area contributed by atoms with Gasteiger partial charge >= 0.3 is 0 Å². The van der Waals surface area contributed by atoms with Crippen LogP contribution in [0.15, 0.2) is 42.5 Å². The number of anilines is 1. The molecule has 0 radical (unpaired) electrons. The number of benzene rings is 2. The zero-order valence-corrected chi connectivity index (χ0v) is 19.4. The monoisotopic (exact) mass is 491 g/mol. The number of amides is 2. The standard InChI is InChI=1S/C23H27F2N5O3S/c24-18-8-3-2-7-17(18)22(32)27-20-10-9-16(15-19(20)25)21(31)28-29-23(34)33-26-11-6-14-30-12-4-1-5-13-30/h2-3,7-10,15,26H,1,4-6,11-14H2,(H,27,32)(H,28,31)(H,29,34). The fourth-order valence-electron chi connectivity index (χ4n) is 3.47. The summed E-state index contributed by atoms with van der Waals surface area (Å²) in [6.07, 6.45) is 4.68. The van der Waals surface area contributed by atoms with Crippen LogP contribution in [0.25, 0.3) is 0 Å². The molecule has 8 nitrogen and oxygen atoms in total. The van der Waals surface area contributed by atoms with Crippen LogP contribution in [-0.4, -0.2) is 48.1 Å². The minimum atomic E-state index is -0.855. The molecule has 1 aliphatic rings. The Bertz CT molecular complexity index is 1020. The van der Waals surface area contributed by atoms with Crippen molar-refractivity contribution in [3.8, 4) is 0 Å². The predicted octanol–water partition coefficient (Wildman–Crippen LogP) is 3.13. The lowest BCUT2D eigenvalue weighted by atomic mass is 10.1. The second-order valence-electron chi connectivity index (χ2n) is 7.75. The predicted molar refractivity (Wildman–Crippen MR) is 128 cm³/mol. The quantitative estimate of drug-likeness (QED) is 0.256. The average molecular weight is 492 g/mol. The molecule has 0 aliphatic carbocycles. The van der Waals surface area contributed by atoms with Crippen molar-refractivity contribution in [1.82, 2.24) is 21.2 Å². The summed E-state index contributed by atoms with van der Waals surface area (Å²) in [6, 6.07) is 8.80. The fourth-order valence-corrected chi connectivity index (χ4v) is 3.58. The van der Waals surface area contributed by atoms with Crippen molar-refractivity contribution in [1.29, 1.82) is 0 Å². The van der Waals surface area contributed by atoms with E-state index in [0.717, 1.165) is 38.2 Å². The molecule has 2 aromatic rings. The minimum absolute atomic E-state index is 0.0221. The Morgan fingerprint density at radius 2 is 1.74 bits per heavy atom. The SMILES string of the molecule is O=C(NNC(=S)ONCCCN1CCCCC1)c1ccc(NC(=O)c2ccccc2F)c(F)c1. The zero-order valence-electron chi connectivity index (χ0n) is 18.5. The maximum atomic E-state index is 14.4. The Hall–Kier alpha value is -3.15. The molecule has 2 amide bonds. The number of halogens is 2. The lowest BCUT2D eigenvalue weighted by molar-refractivity contribution is 0.0931. The van der Waals surface area contributed by atoms with E-state index >= 15 is 0 Å². The number of nitrogens with zero attached hydrogens (tertiary/aromatic N) is 1. The molecule has 182 valence electrons. The van der Waals surface area contributed by atoms with Crippen molar-refractivity contribution in [3.05, 3.63) is 65.2 Å². The molecule has 34 heavy (non-hydrogen) atoms. The normalized spacial score (nSPS) is 13.7. The van der Waals surface area contributed by atoms with E-state index < -0.39 is 23.4 Å². The zero-order chi connectivity index (χ0) is 24.3. The maximum Gasteiger partial charge on any atom is 0.296 e. The van der Waals surface area contributed by atoms with Gasteiger partial charge in [0.05, 0.1) is 11.3 Å². The number of carbonyl (C=O) groups is 2. The van der Waals surface area contributed by atoms with Gasteiger partial charge in [-0.25, -0.2) is 8.78 Å². The van der Waals surface area contributed by atoms with E-state index in [1.165, 1.54) is 49.6 Å². The summed E-state index contributed by atoms with van der Waals surface area (Å²) in [5, 5.41) is 2.19. The van der Waals surface area contributed by atoms with Crippen molar-refractivity contribution in [2.75, 3.05) is 31.5 Å². The highest BCUT2D eigenvalue weighted by Crippen LogP contribution is 2.18. The number of thiocarbonyl (C=S) groups is 1. The third-order valence-corrected chi connectivity index (χ3v) is 5.43. The molecule has 1 heterocycles. The van der Waals surface area contributed by atoms with E-state index in [9.17, 15) is 18.4 Å². The van der Waals surface area contributed by atoms with Crippen LogP contribution in [0.2, 0.25) is 0 Å². The molecule has 0 unspecified atom stereocenters. The largest absolute Gasteiger partial charge is 0.377 e. The van der Waals surface area contributed by atoms with E-state index in [1.54, 1.807) is 0 Å². The van der Waals surface area contributed by atoms with Gasteiger partial charge in [-0.1, -0.05) is 18.6 Å². The van der Waals surface area contributed by atoms with Crippen molar-refractivity contribution < 1.29 is 23.2 Å². The first-order chi connectivity index (χ1) is 16.4. The first-order valence-electron chi connectivity index (χ1n) is 11.0. The molecule has 0 bridgehead atoms. The summed E-state index contributed by atoms with van der Waals surface area (Å²) in [4.78, 5) is 31.9. The molecule has 4 N–H and O–H groups in total. The van der Waals surface area contributed by atoms with Crippen molar-refractivity contribution in [2.45, 2.75) is 25.7 Å². The molecule has 0 spiro atoms. The number of carbonyl (C=O) groups excluding carboxylic acids is 2. The highest BCUT2D eigenvalue weighted by molar-refractivity contribution is 7.80. The van der Waals surface area contributed by atoms with Gasteiger partial charge in [0.25, 0.3) is 17.0 Å². The summed E-state index contributed by atoms with van der Waals surface area (Å²) in [7, 11) is 0. The average Bonchev–Trinajstić information content (AvgIpc) is 2.84. The van der Waals surface area contributed by atoms with Crippen molar-refractivity contribution in [3.63, 3.8) is 0 Å². The topological polar surface area (TPSA) is 94.7 Å². The van der Waals surface area contributed by atoms with Crippen LogP contribution in [0.1, 0.15) is 46.4 Å². The Morgan fingerprint density at radius 3 is 2.47 bits per heavy atom. The number of hydrazine groups is 1. The van der Waals surface area contributed by atoms with Gasteiger partial charge in [0.2, 0.25) is 0 Å². The van der Waals surface area contributed by atoms with E-state index in [0.29, 0.717) is 6.54 Å². The molecule has 2 aromatic carbocycles. The molecule has 1 saturated heterocycles. The summed E-state index contributed by atoms with van der Waals surface area (Å²) in [5.74, 6) is -3.05. The van der Waals surface area contributed by atoms with Gasteiger partial charge in [-0.05, 0) is 81.4 Å². The summed E-state index contributed by atoms with van der Waals surface area (Å²) >= 11 is 4.97. The van der Waals surface area contributed by atoms with Crippen LogP contribution >= 0.6 is 12.2 Å². The Kier molecular flexibility index (Phi) is 9.68. The Balaban J connectivity index is 1.38. The summed E-state index contributed by atoms with van der Waals surface area (Å²) in [5.41, 5.74) is 7.02. The Morgan fingerprint density at radius 1 is 0.971 bits per heavy atom. The maximum absolute atomic E-state index is 14.4. The van der Waals surface area contributed by atoms with Gasteiger partial charge in [-0.2, -0.15) is 5.48 Å². The number of piperidine rings is 1. The molecular formula is C23H27F2N5O3S. The number of hydroxylamine groups is 1. The molecule has 3 rings (SSSR count). The number of hydrogen-bond donors (Lipinski definition) is 4. The molecule has 0 aromatic heterocycles.